The van der Waals surface area contributed by atoms with Crippen molar-refractivity contribution in [2.75, 3.05) is 6.61 Å². The number of alkyl halides is 5. The Balaban J connectivity index is 3.18. The van der Waals surface area contributed by atoms with Gasteiger partial charge in [0.25, 0.3) is 5.91 Å². The molecule has 1 aromatic carbocycles. The van der Waals surface area contributed by atoms with Gasteiger partial charge < -0.3 is 10.6 Å². The topological polar surface area (TPSA) is 64.7 Å². The third-order valence-corrected chi connectivity index (χ3v) is 2.06. The molecule has 0 radical (unpaired) electrons. The first-order chi connectivity index (χ1) is 9.16. The zero-order valence-corrected chi connectivity index (χ0v) is 9.82. The SMILES string of the molecule is NC(=O)CO/N=C(/c1ccccc1)C(F)(F)C(F)(F)F. The molecule has 0 spiro atoms. The third-order valence-electron chi connectivity index (χ3n) is 2.06. The average molecular weight is 296 g/mol. The monoisotopic (exact) mass is 296 g/mol. The first-order valence-corrected chi connectivity index (χ1v) is 5.15. The van der Waals surface area contributed by atoms with Crippen molar-refractivity contribution in [1.82, 2.24) is 0 Å². The van der Waals surface area contributed by atoms with Crippen LogP contribution < -0.4 is 5.73 Å². The molecule has 1 aromatic rings. The van der Waals surface area contributed by atoms with Crippen LogP contribution in [0.5, 0.6) is 0 Å². The number of rotatable bonds is 5. The van der Waals surface area contributed by atoms with E-state index in [1.54, 1.807) is 0 Å². The van der Waals surface area contributed by atoms with Gasteiger partial charge >= 0.3 is 12.1 Å². The number of nitrogens with two attached hydrogens (primary N) is 1. The van der Waals surface area contributed by atoms with Crippen molar-refractivity contribution in [3.05, 3.63) is 35.9 Å². The summed E-state index contributed by atoms with van der Waals surface area (Å²) in [6.07, 6.45) is -5.85. The second-order valence-electron chi connectivity index (χ2n) is 3.62. The zero-order chi connectivity index (χ0) is 15.4. The molecule has 4 nitrogen and oxygen atoms in total. The number of oxime groups is 1. The molecular weight excluding hydrogens is 287 g/mol. The molecule has 1 rings (SSSR count). The second-order valence-corrected chi connectivity index (χ2v) is 3.62. The highest BCUT2D eigenvalue weighted by molar-refractivity contribution is 6.05. The molecule has 0 aliphatic rings. The Morgan fingerprint density at radius 1 is 1.15 bits per heavy atom. The Kier molecular flexibility index (Phi) is 4.64. The highest BCUT2D eigenvalue weighted by Crippen LogP contribution is 2.38. The number of hydrogen-bond donors (Lipinski definition) is 1. The van der Waals surface area contributed by atoms with Gasteiger partial charge in [0.05, 0.1) is 0 Å². The molecule has 110 valence electrons. The van der Waals surface area contributed by atoms with Crippen LogP contribution in [0.4, 0.5) is 22.0 Å². The summed E-state index contributed by atoms with van der Waals surface area (Å²) in [5.41, 5.74) is 2.54. The van der Waals surface area contributed by atoms with Crippen molar-refractivity contribution < 1.29 is 31.6 Å². The average Bonchev–Trinajstić information content (AvgIpc) is 2.33. The number of amides is 1. The van der Waals surface area contributed by atoms with E-state index < -0.39 is 35.9 Å². The van der Waals surface area contributed by atoms with Gasteiger partial charge in [0.15, 0.2) is 12.3 Å². The minimum absolute atomic E-state index is 0.487. The van der Waals surface area contributed by atoms with Gasteiger partial charge in [-0.3, -0.25) is 4.79 Å². The van der Waals surface area contributed by atoms with Crippen LogP contribution in [0.15, 0.2) is 35.5 Å². The van der Waals surface area contributed by atoms with Gasteiger partial charge in [0, 0.05) is 5.56 Å². The lowest BCUT2D eigenvalue weighted by Crippen LogP contribution is -2.44. The normalized spacial score (nSPS) is 13.2. The van der Waals surface area contributed by atoms with Crippen molar-refractivity contribution in [1.29, 1.82) is 0 Å². The fourth-order valence-corrected chi connectivity index (χ4v) is 1.18. The lowest BCUT2D eigenvalue weighted by molar-refractivity contribution is -0.249. The minimum Gasteiger partial charge on any atom is -0.385 e. The van der Waals surface area contributed by atoms with Crippen LogP contribution in [-0.4, -0.2) is 30.3 Å². The van der Waals surface area contributed by atoms with E-state index in [-0.39, 0.29) is 0 Å². The Bertz CT molecular complexity index is 499. The van der Waals surface area contributed by atoms with Gasteiger partial charge in [0.2, 0.25) is 0 Å². The van der Waals surface area contributed by atoms with Crippen LogP contribution in [0.25, 0.3) is 0 Å². The highest BCUT2D eigenvalue weighted by Gasteiger charge is 2.62. The number of benzene rings is 1. The van der Waals surface area contributed by atoms with Gasteiger partial charge in [-0.2, -0.15) is 22.0 Å². The zero-order valence-electron chi connectivity index (χ0n) is 9.82. The Hall–Kier alpha value is -2.19. The molecule has 20 heavy (non-hydrogen) atoms. The Labute approximate surface area is 110 Å². The van der Waals surface area contributed by atoms with Gasteiger partial charge in [-0.25, -0.2) is 0 Å². The van der Waals surface area contributed by atoms with Crippen molar-refractivity contribution in [3.8, 4) is 0 Å². The number of carbonyl (C=O) groups is 1. The standard InChI is InChI=1S/C11H9F5N2O2/c12-10(13,11(14,15)16)9(18-20-6-8(17)19)7-4-2-1-3-5-7/h1-5H,6H2,(H2,17,19)/b18-9-. The third kappa shape index (κ3) is 3.65. The van der Waals surface area contributed by atoms with Crippen LogP contribution in [-0.2, 0) is 9.63 Å². The molecule has 0 heterocycles. The lowest BCUT2D eigenvalue weighted by atomic mass is 10.0. The molecule has 0 saturated heterocycles. The fraction of sp³-hybridized carbons (Fsp3) is 0.273. The summed E-state index contributed by atoms with van der Waals surface area (Å²) in [6.45, 7) is -0.912. The smallest absolute Gasteiger partial charge is 0.385 e. The fourth-order valence-electron chi connectivity index (χ4n) is 1.18. The van der Waals surface area contributed by atoms with E-state index in [0.29, 0.717) is 0 Å². The summed E-state index contributed by atoms with van der Waals surface area (Å²) in [7, 11) is 0. The first kappa shape index (κ1) is 15.9. The van der Waals surface area contributed by atoms with Crippen molar-refractivity contribution in [2.45, 2.75) is 12.1 Å². The summed E-state index contributed by atoms with van der Waals surface area (Å²) in [6, 6.07) is 5.95. The molecule has 0 aromatic heterocycles. The molecule has 0 bridgehead atoms. The summed E-state index contributed by atoms with van der Waals surface area (Å²) in [5.74, 6) is -6.29. The molecule has 0 aliphatic heterocycles. The van der Waals surface area contributed by atoms with Crippen molar-refractivity contribution in [3.63, 3.8) is 0 Å². The number of carbonyl (C=O) groups excluding carboxylic acids is 1. The number of halogens is 5. The molecule has 0 aliphatic carbocycles. The molecule has 0 atom stereocenters. The van der Waals surface area contributed by atoms with Crippen LogP contribution >= 0.6 is 0 Å². The summed E-state index contributed by atoms with van der Waals surface area (Å²) < 4.78 is 63.8. The first-order valence-electron chi connectivity index (χ1n) is 5.15. The van der Waals surface area contributed by atoms with Crippen LogP contribution in [0.3, 0.4) is 0 Å². The number of primary amides is 1. The predicted molar refractivity (Wildman–Crippen MR) is 59.1 cm³/mol. The maximum absolute atomic E-state index is 13.4. The Morgan fingerprint density at radius 2 is 1.70 bits per heavy atom. The Morgan fingerprint density at radius 3 is 2.15 bits per heavy atom. The van der Waals surface area contributed by atoms with E-state index in [9.17, 15) is 26.7 Å². The van der Waals surface area contributed by atoms with Gasteiger partial charge in [-0.05, 0) is 0 Å². The predicted octanol–water partition coefficient (Wildman–Crippen LogP) is 2.09. The summed E-state index contributed by atoms with van der Waals surface area (Å²) >= 11 is 0. The molecule has 1 amide bonds. The van der Waals surface area contributed by atoms with Gasteiger partial charge in [0.1, 0.15) is 0 Å². The van der Waals surface area contributed by atoms with E-state index >= 15 is 0 Å². The van der Waals surface area contributed by atoms with Crippen LogP contribution in [0.2, 0.25) is 0 Å². The van der Waals surface area contributed by atoms with E-state index in [2.05, 4.69) is 15.7 Å². The minimum atomic E-state index is -5.85. The van der Waals surface area contributed by atoms with Crippen molar-refractivity contribution in [2.24, 2.45) is 10.9 Å². The van der Waals surface area contributed by atoms with E-state index in [1.165, 1.54) is 18.2 Å². The quantitative estimate of drug-likeness (QED) is 0.513. The molecule has 2 N–H and O–H groups in total. The van der Waals surface area contributed by atoms with Gasteiger partial charge in [-0.1, -0.05) is 35.5 Å². The number of hydrogen-bond acceptors (Lipinski definition) is 3. The van der Waals surface area contributed by atoms with Crippen LogP contribution in [0, 0.1) is 0 Å². The summed E-state index contributed by atoms with van der Waals surface area (Å²) in [5, 5.41) is 2.72. The molecular formula is C11H9F5N2O2. The number of nitrogens with zero attached hydrogens (tertiary/aromatic N) is 1. The maximum atomic E-state index is 13.4. The highest BCUT2D eigenvalue weighted by atomic mass is 19.4. The van der Waals surface area contributed by atoms with Crippen molar-refractivity contribution >= 4 is 11.6 Å². The molecule has 0 saturated carbocycles. The largest absolute Gasteiger partial charge is 0.459 e. The molecule has 0 unspecified atom stereocenters. The van der Waals surface area contributed by atoms with Crippen LogP contribution in [0.1, 0.15) is 5.56 Å². The summed E-state index contributed by atoms with van der Waals surface area (Å²) in [4.78, 5) is 14.5. The molecule has 0 fully saturated rings. The van der Waals surface area contributed by atoms with Gasteiger partial charge in [-0.15, -0.1) is 0 Å². The van der Waals surface area contributed by atoms with E-state index in [4.69, 9.17) is 0 Å². The molecule has 9 heteroatoms. The second kappa shape index (κ2) is 5.85. The van der Waals surface area contributed by atoms with E-state index in [1.807, 2.05) is 0 Å². The lowest BCUT2D eigenvalue weighted by Gasteiger charge is -2.21. The van der Waals surface area contributed by atoms with E-state index in [0.717, 1.165) is 12.1 Å². The maximum Gasteiger partial charge on any atom is 0.459 e.